The molecule has 0 radical (unpaired) electrons. The normalized spacial score (nSPS) is 24.0. The molecule has 1 saturated heterocycles. The lowest BCUT2D eigenvalue weighted by molar-refractivity contribution is -0.151. The SMILES string of the molecule is C=C/C=C\C=C\CC[C@H]1C(=O)N(C)[C@@H](CC(C)C)C(=O)N[C@@H](COCCC(C)C)C(=O)N(C)[C@@H](CC(C)C)C(=O)NC(C)CC(=O)N(C)CC(=O)N(C)[C@@H](C/C(C=C)=C/C(=C)Cl)C(=O)N[C@@H](COCCO)C(=O)N(C)[C@@H](CC(C)C)C(=O)NC(C(C)O)C(=O)N(CCC)CC(=O)N1C. The molecule has 0 bridgehead atoms. The zero-order chi connectivity index (χ0) is 74.8. The maximum absolute atomic E-state index is 15.2. The second kappa shape index (κ2) is 45.4. The van der Waals surface area contributed by atoms with Crippen molar-refractivity contribution in [2.75, 3.05) is 95.0 Å². The smallest absolute Gasteiger partial charge is 0.248 e. The standard InChI is InChI=1S/C71H118ClN11O15/c1-21-24-25-26-27-28-29-55-70(95)82(20)57(36-47(8)9)65(90)74-53(43-97-33-30-45(4)5)68(93)80(18)56(35-46(6)7)64(89)73-50(13)39-60(86)77(15)41-61(87)79(17)59(40-52(23-3)38-49(12)72)66(91)75-54(44-98-34-32-84)69(94)81(19)58(37-48(10)11)67(92)76-63(51(14)85)71(96)83(31-22-2)42-62(88)78(55)16/h21,23-27,38,45-48,50-51,53-59,63,84-85H,1,3,12,22,28-37,39-44H2,2,4-11,13-20H3,(H,73,89)(H,74,90)(H,75,91)(H,76,92)/b25-24-,27-26+,52-38+/t50?,51?,53-,54-,55-,56-,57-,58-,59-,63?/m0/s1. The van der Waals surface area contributed by atoms with Gasteiger partial charge in [-0.15, -0.1) is 0 Å². The van der Waals surface area contributed by atoms with E-state index in [9.17, 15) is 53.4 Å². The Morgan fingerprint density at radius 1 is 0.592 bits per heavy atom. The maximum Gasteiger partial charge on any atom is 0.248 e. The summed E-state index contributed by atoms with van der Waals surface area (Å²) >= 11 is 6.19. The molecule has 26 nitrogen and oxygen atoms in total. The molecule has 1 rings (SSSR count). The van der Waals surface area contributed by atoms with Crippen LogP contribution in [-0.2, 0) is 62.2 Å². The predicted molar refractivity (Wildman–Crippen MR) is 379 cm³/mol. The number of hydrogen-bond donors (Lipinski definition) is 6. The van der Waals surface area contributed by atoms with Crippen LogP contribution in [0, 0.1) is 23.7 Å². The first kappa shape index (κ1) is 88.8. The first-order valence-corrected chi connectivity index (χ1v) is 34.4. The molecule has 0 aliphatic carbocycles. The molecule has 0 aromatic carbocycles. The van der Waals surface area contributed by atoms with Crippen molar-refractivity contribution in [2.24, 2.45) is 23.7 Å². The van der Waals surface area contributed by atoms with Gasteiger partial charge in [0.25, 0.3) is 0 Å². The number of likely N-dealkylation sites (N-methyl/N-ethyl adjacent to an activating group) is 6. The van der Waals surface area contributed by atoms with Gasteiger partial charge in [-0.25, -0.2) is 0 Å². The molecule has 27 heteroatoms. The number of hydrogen-bond acceptors (Lipinski definition) is 15. The highest BCUT2D eigenvalue weighted by Gasteiger charge is 2.42. The van der Waals surface area contributed by atoms with E-state index in [4.69, 9.17) is 21.1 Å². The third-order valence-corrected chi connectivity index (χ3v) is 16.7. The van der Waals surface area contributed by atoms with E-state index >= 15 is 9.59 Å². The van der Waals surface area contributed by atoms with Crippen LogP contribution in [0.1, 0.15) is 134 Å². The van der Waals surface area contributed by atoms with Crippen molar-refractivity contribution in [2.45, 2.75) is 194 Å². The number of allylic oxidation sites excluding steroid dienone is 8. The molecular weight excluding hydrogens is 1280 g/mol. The van der Waals surface area contributed by atoms with Gasteiger partial charge in [-0.2, -0.15) is 0 Å². The van der Waals surface area contributed by atoms with Crippen molar-refractivity contribution in [3.63, 3.8) is 0 Å². The molecule has 1 aliphatic heterocycles. The number of carbonyl (C=O) groups excluding carboxylic acids is 11. The summed E-state index contributed by atoms with van der Waals surface area (Å²) in [7, 11) is 8.23. The van der Waals surface area contributed by atoms with Gasteiger partial charge in [-0.3, -0.25) is 52.7 Å². The topological polar surface area (TPSA) is 317 Å². The van der Waals surface area contributed by atoms with Crippen LogP contribution < -0.4 is 21.3 Å². The number of rotatable bonds is 27. The molecule has 10 atom stereocenters. The van der Waals surface area contributed by atoms with Crippen LogP contribution >= 0.6 is 11.6 Å². The van der Waals surface area contributed by atoms with Crippen molar-refractivity contribution in [3.8, 4) is 0 Å². The van der Waals surface area contributed by atoms with E-state index in [2.05, 4.69) is 41.0 Å². The van der Waals surface area contributed by atoms with E-state index in [1.54, 1.807) is 58.1 Å². The predicted octanol–water partition coefficient (Wildman–Crippen LogP) is 4.11. The highest BCUT2D eigenvalue weighted by atomic mass is 35.5. The molecular formula is C71H118ClN11O15. The monoisotopic (exact) mass is 1400 g/mol. The minimum absolute atomic E-state index is 0.0210. The summed E-state index contributed by atoms with van der Waals surface area (Å²) < 4.78 is 11.7. The van der Waals surface area contributed by atoms with Gasteiger partial charge < -0.3 is 75.3 Å². The molecule has 11 amide bonds. The zero-order valence-corrected chi connectivity index (χ0v) is 62.2. The lowest BCUT2D eigenvalue weighted by Gasteiger charge is -2.37. The molecule has 98 heavy (non-hydrogen) atoms. The van der Waals surface area contributed by atoms with Crippen LogP contribution in [0.2, 0.25) is 0 Å². The van der Waals surface area contributed by atoms with E-state index < -0.39 is 152 Å². The van der Waals surface area contributed by atoms with E-state index in [-0.39, 0.29) is 100 Å². The molecule has 554 valence electrons. The maximum atomic E-state index is 15.2. The van der Waals surface area contributed by atoms with Crippen LogP contribution in [0.3, 0.4) is 0 Å². The second-order valence-corrected chi connectivity index (χ2v) is 27.5. The summed E-state index contributed by atoms with van der Waals surface area (Å²) in [4.78, 5) is 170. The molecule has 1 heterocycles. The number of halogens is 1. The molecule has 1 fully saturated rings. The number of aliphatic hydroxyl groups excluding tert-OH is 2. The first-order valence-electron chi connectivity index (χ1n) is 34.0. The van der Waals surface area contributed by atoms with Crippen molar-refractivity contribution >= 4 is 76.6 Å². The number of aliphatic hydroxyl groups is 2. The Labute approximate surface area is 588 Å². The van der Waals surface area contributed by atoms with Crippen LogP contribution in [0.15, 0.2) is 72.9 Å². The van der Waals surface area contributed by atoms with Gasteiger partial charge in [0.1, 0.15) is 48.3 Å². The van der Waals surface area contributed by atoms with Gasteiger partial charge in [-0.05, 0) is 94.1 Å². The number of ether oxygens (including phenoxy) is 2. The highest BCUT2D eigenvalue weighted by molar-refractivity contribution is 6.30. The third kappa shape index (κ3) is 30.5. The minimum Gasteiger partial charge on any atom is -0.394 e. The van der Waals surface area contributed by atoms with Gasteiger partial charge in [0.15, 0.2) is 0 Å². The Morgan fingerprint density at radius 2 is 1.06 bits per heavy atom. The van der Waals surface area contributed by atoms with E-state index in [0.29, 0.717) is 18.4 Å². The average Bonchev–Trinajstić information content (AvgIpc) is 0.829. The third-order valence-electron chi connectivity index (χ3n) is 16.6. The van der Waals surface area contributed by atoms with Crippen molar-refractivity contribution < 1.29 is 72.4 Å². The second-order valence-electron chi connectivity index (χ2n) is 27.1. The van der Waals surface area contributed by atoms with Gasteiger partial charge in [0.05, 0.1) is 45.6 Å². The molecule has 3 unspecified atom stereocenters. The number of carbonyl (C=O) groups is 11. The Hall–Kier alpha value is -7.26. The fourth-order valence-corrected chi connectivity index (χ4v) is 11.0. The Kier molecular flexibility index (Phi) is 41.1. The largest absolute Gasteiger partial charge is 0.394 e. The summed E-state index contributed by atoms with van der Waals surface area (Å²) in [6.45, 7) is 28.1. The van der Waals surface area contributed by atoms with E-state index in [1.165, 1.54) is 76.1 Å². The highest BCUT2D eigenvalue weighted by Crippen LogP contribution is 2.22. The van der Waals surface area contributed by atoms with E-state index in [0.717, 1.165) is 19.6 Å². The molecule has 0 spiro atoms. The molecule has 0 aromatic rings. The van der Waals surface area contributed by atoms with Crippen molar-refractivity contribution in [1.82, 2.24) is 55.6 Å². The fraction of sp³-hybridized carbons (Fsp3) is 0.676. The molecule has 1 aliphatic rings. The van der Waals surface area contributed by atoms with Crippen LogP contribution in [0.25, 0.3) is 0 Å². The van der Waals surface area contributed by atoms with Crippen molar-refractivity contribution in [1.29, 1.82) is 0 Å². The summed E-state index contributed by atoms with van der Waals surface area (Å²) in [5.74, 6) is -8.74. The zero-order valence-electron chi connectivity index (χ0n) is 61.5. The summed E-state index contributed by atoms with van der Waals surface area (Å²) in [5, 5.41) is 32.2. The van der Waals surface area contributed by atoms with Gasteiger partial charge in [-0.1, -0.05) is 130 Å². The van der Waals surface area contributed by atoms with Crippen molar-refractivity contribution in [3.05, 3.63) is 72.9 Å². The minimum atomic E-state index is -1.71. The van der Waals surface area contributed by atoms with Gasteiger partial charge in [0, 0.05) is 79.4 Å². The summed E-state index contributed by atoms with van der Waals surface area (Å²) in [6, 6.07) is -12.0. The lowest BCUT2D eigenvalue weighted by atomic mass is 9.99. The summed E-state index contributed by atoms with van der Waals surface area (Å²) in [5.41, 5.74) is 0.340. The lowest BCUT2D eigenvalue weighted by Crippen LogP contribution is -2.62. The number of nitrogens with one attached hydrogen (secondary N) is 4. The Bertz CT molecular complexity index is 2770. The molecule has 0 aromatic heterocycles. The van der Waals surface area contributed by atoms with Crippen LogP contribution in [0.4, 0.5) is 0 Å². The number of nitrogens with zero attached hydrogens (tertiary/aromatic N) is 7. The average molecular weight is 1400 g/mol. The quantitative estimate of drug-likeness (QED) is 0.0498. The van der Waals surface area contributed by atoms with Crippen LogP contribution in [0.5, 0.6) is 0 Å². The Balaban J connectivity index is 4.49. The van der Waals surface area contributed by atoms with Gasteiger partial charge >= 0.3 is 0 Å². The van der Waals surface area contributed by atoms with Crippen LogP contribution in [-0.4, -0.2) is 265 Å². The van der Waals surface area contributed by atoms with E-state index in [1.807, 2.05) is 41.5 Å². The first-order chi connectivity index (χ1) is 45.9. The number of amides is 11. The molecule has 0 saturated carbocycles. The fourth-order valence-electron chi connectivity index (χ4n) is 10.8. The molecule has 6 N–H and O–H groups in total. The Morgan fingerprint density at radius 3 is 1.52 bits per heavy atom. The van der Waals surface area contributed by atoms with Gasteiger partial charge in [0.2, 0.25) is 65.0 Å². The summed E-state index contributed by atoms with van der Waals surface area (Å²) in [6.07, 6.45) is 10.6.